The average molecular weight is 382 g/mol. The Balaban J connectivity index is 2.07. The van der Waals surface area contributed by atoms with E-state index in [1.807, 2.05) is 0 Å². The Morgan fingerprint density at radius 2 is 1.85 bits per heavy atom. The lowest BCUT2D eigenvalue weighted by atomic mass is 9.55. The third kappa shape index (κ3) is 3.33. The van der Waals surface area contributed by atoms with Gasteiger partial charge in [-0.2, -0.15) is 0 Å². The minimum atomic E-state index is -0.286. The quantitative estimate of drug-likeness (QED) is 0.688. The predicted molar refractivity (Wildman–Crippen MR) is 109 cm³/mol. The van der Waals surface area contributed by atoms with Crippen LogP contribution in [0.15, 0.2) is 16.2 Å². The van der Waals surface area contributed by atoms with E-state index in [1.165, 1.54) is 12.8 Å². The maximum absolute atomic E-state index is 6.68. The number of hydrogen-bond donors (Lipinski definition) is 2. The van der Waals surface area contributed by atoms with Gasteiger partial charge in [0.15, 0.2) is 0 Å². The Morgan fingerprint density at radius 1 is 1.19 bits per heavy atom. The van der Waals surface area contributed by atoms with Crippen LogP contribution in [-0.4, -0.2) is 29.7 Å². The van der Waals surface area contributed by atoms with Crippen LogP contribution in [0.1, 0.15) is 73.6 Å². The van der Waals surface area contributed by atoms with Crippen LogP contribution in [0.4, 0.5) is 0 Å². The molecule has 0 spiro atoms. The van der Waals surface area contributed by atoms with Crippen LogP contribution in [-0.2, 0) is 4.74 Å². The first-order chi connectivity index (χ1) is 12.1. The standard InChI is InChI=1S/C21H36ClN3O/c1-14(2)21(16-7-8-17(22)24-18(16)23-13-26-21)20(25-15(3)4)11-9-19(5,6)10-12-20/h8,14-16,25H,7,9-13H2,1-6H3,(H,23,24)/t16?,21-/m0/s1. The maximum atomic E-state index is 6.68. The summed E-state index contributed by atoms with van der Waals surface area (Å²) in [6.07, 6.45) is 7.68. The average Bonchev–Trinajstić information content (AvgIpc) is 2.55. The van der Waals surface area contributed by atoms with Gasteiger partial charge in [0.1, 0.15) is 23.3 Å². The van der Waals surface area contributed by atoms with E-state index in [2.05, 4.69) is 63.2 Å². The van der Waals surface area contributed by atoms with Crippen molar-refractivity contribution in [3.05, 3.63) is 11.2 Å². The smallest absolute Gasteiger partial charge is 0.140 e. The lowest BCUT2D eigenvalue weighted by Crippen LogP contribution is -2.74. The molecule has 4 nitrogen and oxygen atoms in total. The normalized spacial score (nSPS) is 33.3. The van der Waals surface area contributed by atoms with Crippen molar-refractivity contribution in [2.75, 3.05) is 6.73 Å². The molecule has 26 heavy (non-hydrogen) atoms. The molecule has 2 heterocycles. The van der Waals surface area contributed by atoms with Crippen molar-refractivity contribution in [3.8, 4) is 0 Å². The zero-order valence-corrected chi connectivity index (χ0v) is 18.0. The van der Waals surface area contributed by atoms with E-state index in [-0.39, 0.29) is 17.1 Å². The summed E-state index contributed by atoms with van der Waals surface area (Å²) in [6, 6.07) is 0.411. The summed E-state index contributed by atoms with van der Waals surface area (Å²) in [7, 11) is 0. The fourth-order valence-electron chi connectivity index (χ4n) is 5.58. The molecule has 1 unspecified atom stereocenters. The van der Waals surface area contributed by atoms with Gasteiger partial charge in [-0.05, 0) is 49.5 Å². The molecule has 2 atom stereocenters. The van der Waals surface area contributed by atoms with Crippen LogP contribution < -0.4 is 10.6 Å². The number of nitrogens with zero attached hydrogens (tertiary/aromatic N) is 1. The van der Waals surface area contributed by atoms with Gasteiger partial charge in [-0.15, -0.1) is 0 Å². The molecule has 3 rings (SSSR count). The van der Waals surface area contributed by atoms with E-state index in [0.29, 0.717) is 29.3 Å². The highest BCUT2D eigenvalue weighted by Crippen LogP contribution is 2.54. The number of allylic oxidation sites excluding steroid dienone is 1. The molecule has 1 fully saturated rings. The van der Waals surface area contributed by atoms with Crippen LogP contribution in [0.5, 0.6) is 0 Å². The highest BCUT2D eigenvalue weighted by Gasteiger charge is 2.62. The Bertz CT molecular complexity index is 586. The summed E-state index contributed by atoms with van der Waals surface area (Å²) < 4.78 is 6.68. The second kappa shape index (κ2) is 7.10. The monoisotopic (exact) mass is 381 g/mol. The number of fused-ring (bicyclic) bond motifs is 1. The van der Waals surface area contributed by atoms with Crippen molar-refractivity contribution in [3.63, 3.8) is 0 Å². The fourth-order valence-corrected chi connectivity index (χ4v) is 5.76. The lowest BCUT2D eigenvalue weighted by molar-refractivity contribution is -0.183. The second-order valence-corrected chi connectivity index (χ2v) is 10.2. The summed E-state index contributed by atoms with van der Waals surface area (Å²) >= 11 is 6.26. The number of hydrogen-bond acceptors (Lipinski definition) is 4. The molecule has 0 amide bonds. The van der Waals surface area contributed by atoms with Gasteiger partial charge >= 0.3 is 0 Å². The van der Waals surface area contributed by atoms with Crippen LogP contribution in [0.25, 0.3) is 0 Å². The van der Waals surface area contributed by atoms with Crippen LogP contribution >= 0.6 is 11.6 Å². The van der Waals surface area contributed by atoms with Crippen molar-refractivity contribution in [2.45, 2.75) is 90.8 Å². The molecule has 148 valence electrons. The van der Waals surface area contributed by atoms with Crippen molar-refractivity contribution in [1.29, 1.82) is 0 Å². The summed E-state index contributed by atoms with van der Waals surface area (Å²) in [4.78, 5) is 4.64. The Morgan fingerprint density at radius 3 is 2.42 bits per heavy atom. The summed E-state index contributed by atoms with van der Waals surface area (Å²) in [5.41, 5.74) is 0.0714. The molecule has 1 aliphatic carbocycles. The van der Waals surface area contributed by atoms with Crippen molar-refractivity contribution in [1.82, 2.24) is 10.6 Å². The molecule has 0 aromatic heterocycles. The number of halogens is 1. The number of nitrogens with one attached hydrogen (secondary N) is 2. The van der Waals surface area contributed by atoms with Gasteiger partial charge in [-0.1, -0.05) is 53.1 Å². The van der Waals surface area contributed by atoms with E-state index in [9.17, 15) is 0 Å². The molecule has 0 radical (unpaired) electrons. The van der Waals surface area contributed by atoms with Gasteiger partial charge in [-0.3, -0.25) is 0 Å². The largest absolute Gasteiger partial charge is 0.350 e. The van der Waals surface area contributed by atoms with Gasteiger partial charge in [-0.25, -0.2) is 4.99 Å². The highest BCUT2D eigenvalue weighted by molar-refractivity contribution is 6.30. The van der Waals surface area contributed by atoms with Crippen molar-refractivity contribution < 1.29 is 4.74 Å². The van der Waals surface area contributed by atoms with Crippen LogP contribution in [0, 0.1) is 17.3 Å². The van der Waals surface area contributed by atoms with E-state index < -0.39 is 0 Å². The summed E-state index contributed by atoms with van der Waals surface area (Å²) in [5, 5.41) is 8.02. The summed E-state index contributed by atoms with van der Waals surface area (Å²) in [6.45, 7) is 14.3. The molecule has 2 aliphatic heterocycles. The van der Waals surface area contributed by atoms with Gasteiger partial charge in [0, 0.05) is 11.6 Å². The van der Waals surface area contributed by atoms with Crippen molar-refractivity contribution in [2.24, 2.45) is 22.2 Å². The fraction of sp³-hybridized carbons (Fsp3) is 0.857. The Hall–Kier alpha value is -0.580. The first-order valence-electron chi connectivity index (χ1n) is 10.2. The number of aliphatic imine (C=N–C) groups is 1. The van der Waals surface area contributed by atoms with Gasteiger partial charge in [0.2, 0.25) is 0 Å². The maximum Gasteiger partial charge on any atom is 0.140 e. The van der Waals surface area contributed by atoms with Gasteiger partial charge in [0.25, 0.3) is 0 Å². The molecule has 0 bridgehead atoms. The molecular formula is C21H36ClN3O. The first-order valence-corrected chi connectivity index (χ1v) is 10.6. The van der Waals surface area contributed by atoms with E-state index in [1.54, 1.807) is 0 Å². The predicted octanol–water partition coefficient (Wildman–Crippen LogP) is 4.79. The summed E-state index contributed by atoms with van der Waals surface area (Å²) in [5.74, 6) is 1.59. The first kappa shape index (κ1) is 20.2. The lowest BCUT2D eigenvalue weighted by Gasteiger charge is -2.61. The Kier molecular flexibility index (Phi) is 5.51. The molecule has 1 saturated carbocycles. The molecule has 3 aliphatic rings. The third-order valence-electron chi connectivity index (χ3n) is 6.79. The highest BCUT2D eigenvalue weighted by atomic mass is 35.5. The molecule has 0 saturated heterocycles. The van der Waals surface area contributed by atoms with E-state index in [4.69, 9.17) is 16.3 Å². The molecule has 0 aromatic rings. The molecule has 0 aromatic carbocycles. The van der Waals surface area contributed by atoms with Crippen LogP contribution in [0.2, 0.25) is 0 Å². The zero-order chi connectivity index (χ0) is 19.2. The van der Waals surface area contributed by atoms with E-state index in [0.717, 1.165) is 25.1 Å². The second-order valence-electron chi connectivity index (χ2n) is 9.78. The minimum absolute atomic E-state index is 0.0456. The SMILES string of the molecule is CC(C)NC1([C@@]2(C(C)C)OCN=C3NC(Cl)=CCC32)CCC(C)(C)CC1. The van der Waals surface area contributed by atoms with Gasteiger partial charge < -0.3 is 15.4 Å². The third-order valence-corrected chi connectivity index (χ3v) is 7.04. The van der Waals surface area contributed by atoms with Crippen molar-refractivity contribution >= 4 is 17.4 Å². The molecule has 5 heteroatoms. The molecule has 2 N–H and O–H groups in total. The molecular weight excluding hydrogens is 346 g/mol. The number of rotatable bonds is 4. The minimum Gasteiger partial charge on any atom is -0.350 e. The zero-order valence-electron chi connectivity index (χ0n) is 17.3. The number of ether oxygens (including phenoxy) is 1. The van der Waals surface area contributed by atoms with E-state index >= 15 is 0 Å². The van der Waals surface area contributed by atoms with Crippen LogP contribution in [0.3, 0.4) is 0 Å². The Labute approximate surface area is 164 Å². The number of amidine groups is 1. The topological polar surface area (TPSA) is 45.6 Å². The van der Waals surface area contributed by atoms with Gasteiger partial charge in [0.05, 0.1) is 5.92 Å².